The van der Waals surface area contributed by atoms with Crippen molar-refractivity contribution in [1.29, 1.82) is 0 Å². The van der Waals surface area contributed by atoms with Gasteiger partial charge in [0.2, 0.25) is 11.0 Å². The Balaban J connectivity index is 2.02. The van der Waals surface area contributed by atoms with E-state index < -0.39 is 5.41 Å². The quantitative estimate of drug-likeness (QED) is 0.630. The molecule has 2 aromatic carbocycles. The van der Waals surface area contributed by atoms with Crippen LogP contribution in [0.3, 0.4) is 0 Å². The van der Waals surface area contributed by atoms with Crippen LogP contribution in [-0.2, 0) is 4.79 Å². The van der Waals surface area contributed by atoms with Crippen LogP contribution in [0.4, 0.5) is 5.13 Å². The molecule has 25 heavy (non-hydrogen) atoms. The molecule has 1 atom stereocenters. The summed E-state index contributed by atoms with van der Waals surface area (Å²) in [6.07, 6.45) is 0. The maximum Gasteiger partial charge on any atom is 0.232 e. The lowest BCUT2D eigenvalue weighted by Gasteiger charge is -2.33. The third-order valence-corrected chi connectivity index (χ3v) is 5.30. The lowest BCUT2D eigenvalue weighted by molar-refractivity contribution is -0.124. The number of benzene rings is 2. The minimum atomic E-state index is -0.687. The second-order valence-corrected chi connectivity index (χ2v) is 8.07. The Kier molecular flexibility index (Phi) is 5.30. The van der Waals surface area contributed by atoms with Crippen molar-refractivity contribution in [3.8, 4) is 0 Å². The number of nitrogens with one attached hydrogen (secondary N) is 1. The Morgan fingerprint density at radius 1 is 1.12 bits per heavy atom. The largest absolute Gasteiger partial charge is 0.300 e. The molecule has 0 spiro atoms. The Morgan fingerprint density at radius 3 is 2.48 bits per heavy atom. The van der Waals surface area contributed by atoms with Gasteiger partial charge in [-0.2, -0.15) is 0 Å². The second kappa shape index (κ2) is 7.45. The fourth-order valence-corrected chi connectivity index (χ4v) is 3.83. The zero-order valence-corrected chi connectivity index (χ0v) is 16.3. The molecule has 0 aliphatic heterocycles. The van der Waals surface area contributed by atoms with Crippen LogP contribution in [0, 0.1) is 5.41 Å². The van der Waals surface area contributed by atoms with Crippen molar-refractivity contribution >= 4 is 38.3 Å². The number of anilines is 1. The molecule has 3 rings (SSSR count). The third kappa shape index (κ3) is 3.96. The third-order valence-electron chi connectivity index (χ3n) is 4.20. The van der Waals surface area contributed by atoms with Crippen molar-refractivity contribution in [3.63, 3.8) is 0 Å². The molecule has 4 nitrogen and oxygen atoms in total. The number of hydrogen-bond donors (Lipinski definition) is 1. The van der Waals surface area contributed by atoms with Gasteiger partial charge in [0.1, 0.15) is 5.51 Å². The summed E-state index contributed by atoms with van der Waals surface area (Å²) in [7, 11) is 0. The minimum Gasteiger partial charge on any atom is -0.300 e. The molecule has 1 amide bonds. The summed E-state index contributed by atoms with van der Waals surface area (Å²) in [4.78, 5) is 13.0. The average molecular weight is 416 g/mol. The van der Waals surface area contributed by atoms with Crippen LogP contribution in [0.1, 0.15) is 30.9 Å². The highest BCUT2D eigenvalue weighted by Gasteiger charge is 2.39. The molecular weight excluding hydrogens is 398 g/mol. The number of hydrogen-bond acceptors (Lipinski definition) is 4. The summed E-state index contributed by atoms with van der Waals surface area (Å²) >= 11 is 4.85. The number of carbonyl (C=O) groups excluding carboxylic acids is 1. The zero-order chi connectivity index (χ0) is 17.9. The lowest BCUT2D eigenvalue weighted by Crippen LogP contribution is -2.37. The maximum atomic E-state index is 13.0. The Labute approximate surface area is 159 Å². The molecule has 128 valence electrons. The second-order valence-electron chi connectivity index (χ2n) is 6.32. The van der Waals surface area contributed by atoms with Gasteiger partial charge in [-0.25, -0.2) is 0 Å². The van der Waals surface area contributed by atoms with E-state index in [1.807, 2.05) is 44.2 Å². The van der Waals surface area contributed by atoms with Gasteiger partial charge in [-0.1, -0.05) is 83.6 Å². The molecule has 0 saturated heterocycles. The van der Waals surface area contributed by atoms with Gasteiger partial charge in [0.25, 0.3) is 0 Å². The molecule has 0 aliphatic rings. The highest BCUT2D eigenvalue weighted by atomic mass is 79.9. The van der Waals surface area contributed by atoms with Crippen molar-refractivity contribution in [1.82, 2.24) is 10.2 Å². The molecule has 0 aliphatic carbocycles. The van der Waals surface area contributed by atoms with E-state index in [0.717, 1.165) is 15.6 Å². The predicted octanol–water partition coefficient (Wildman–Crippen LogP) is 5.10. The fraction of sp³-hybridized carbons (Fsp3) is 0.211. The van der Waals surface area contributed by atoms with Gasteiger partial charge in [-0.15, -0.1) is 10.2 Å². The molecule has 1 N–H and O–H groups in total. The predicted molar refractivity (Wildman–Crippen MR) is 105 cm³/mol. The fourth-order valence-electron chi connectivity index (χ4n) is 2.97. The van der Waals surface area contributed by atoms with E-state index in [1.165, 1.54) is 11.3 Å². The van der Waals surface area contributed by atoms with Crippen molar-refractivity contribution in [3.05, 3.63) is 75.7 Å². The normalized spacial score (nSPS) is 12.6. The molecular formula is C19H18BrN3OS. The van der Waals surface area contributed by atoms with Crippen LogP contribution < -0.4 is 5.32 Å². The van der Waals surface area contributed by atoms with Gasteiger partial charge in [-0.3, -0.25) is 4.79 Å². The number of rotatable bonds is 5. The van der Waals surface area contributed by atoms with Crippen LogP contribution >= 0.6 is 27.3 Å². The van der Waals surface area contributed by atoms with Gasteiger partial charge >= 0.3 is 0 Å². The molecule has 6 heteroatoms. The van der Waals surface area contributed by atoms with Gasteiger partial charge in [0, 0.05) is 10.4 Å². The van der Waals surface area contributed by atoms with Crippen LogP contribution in [0.2, 0.25) is 0 Å². The first kappa shape index (κ1) is 17.8. The molecule has 1 heterocycles. The van der Waals surface area contributed by atoms with Crippen molar-refractivity contribution in [2.45, 2.75) is 19.8 Å². The molecule has 0 radical (unpaired) electrons. The number of nitrogens with zero attached hydrogens (tertiary/aromatic N) is 2. The van der Waals surface area contributed by atoms with Crippen LogP contribution in [0.25, 0.3) is 0 Å². The summed E-state index contributed by atoms with van der Waals surface area (Å²) in [5, 5.41) is 11.1. The summed E-state index contributed by atoms with van der Waals surface area (Å²) < 4.78 is 0.992. The van der Waals surface area contributed by atoms with Gasteiger partial charge < -0.3 is 5.32 Å². The Morgan fingerprint density at radius 2 is 1.84 bits per heavy atom. The highest BCUT2D eigenvalue weighted by molar-refractivity contribution is 9.10. The number of halogens is 1. The highest BCUT2D eigenvalue weighted by Crippen LogP contribution is 2.42. The first-order chi connectivity index (χ1) is 12.0. The molecule has 3 aromatic rings. The van der Waals surface area contributed by atoms with Crippen LogP contribution in [0.5, 0.6) is 0 Å². The van der Waals surface area contributed by atoms with Crippen molar-refractivity contribution in [2.75, 3.05) is 5.32 Å². The maximum absolute atomic E-state index is 13.0. The topological polar surface area (TPSA) is 54.9 Å². The van der Waals surface area contributed by atoms with Gasteiger partial charge in [-0.05, 0) is 23.3 Å². The standard InChI is InChI=1S/C19H18BrN3OS/c1-19(2,17(24)22-18-23-21-12-25-18)16(13-7-4-3-5-8-13)14-9-6-10-15(20)11-14/h3-12,16H,1-2H3,(H,22,23,24). The average Bonchev–Trinajstić information content (AvgIpc) is 3.09. The number of aromatic nitrogens is 2. The number of amides is 1. The summed E-state index contributed by atoms with van der Waals surface area (Å²) in [6, 6.07) is 18.2. The van der Waals surface area contributed by atoms with E-state index in [2.05, 4.69) is 55.7 Å². The monoisotopic (exact) mass is 415 g/mol. The Bertz CT molecular complexity index is 850. The molecule has 0 bridgehead atoms. The first-order valence-electron chi connectivity index (χ1n) is 7.86. The van der Waals surface area contributed by atoms with Gasteiger partial charge in [0.05, 0.1) is 5.41 Å². The molecule has 0 saturated carbocycles. The number of carbonyl (C=O) groups is 1. The van der Waals surface area contributed by atoms with E-state index >= 15 is 0 Å². The van der Waals surface area contributed by atoms with Gasteiger partial charge in [0.15, 0.2) is 0 Å². The summed E-state index contributed by atoms with van der Waals surface area (Å²) in [5.41, 5.74) is 3.09. The van der Waals surface area contributed by atoms with Crippen LogP contribution in [-0.4, -0.2) is 16.1 Å². The Hall–Kier alpha value is -2.05. The van der Waals surface area contributed by atoms with Crippen LogP contribution in [0.15, 0.2) is 64.6 Å². The first-order valence-corrected chi connectivity index (χ1v) is 9.54. The van der Waals surface area contributed by atoms with Crippen molar-refractivity contribution < 1.29 is 4.79 Å². The van der Waals surface area contributed by atoms with E-state index in [-0.39, 0.29) is 11.8 Å². The molecule has 1 aromatic heterocycles. The van der Waals surface area contributed by atoms with E-state index in [1.54, 1.807) is 5.51 Å². The van der Waals surface area contributed by atoms with E-state index in [9.17, 15) is 4.79 Å². The molecule has 0 fully saturated rings. The minimum absolute atomic E-state index is 0.0851. The smallest absolute Gasteiger partial charge is 0.232 e. The van der Waals surface area contributed by atoms with E-state index in [0.29, 0.717) is 5.13 Å². The zero-order valence-electron chi connectivity index (χ0n) is 13.9. The SMILES string of the molecule is CC(C)(C(=O)Nc1nncs1)C(c1ccccc1)c1cccc(Br)c1. The summed E-state index contributed by atoms with van der Waals surface area (Å²) in [6.45, 7) is 3.92. The van der Waals surface area contributed by atoms with E-state index in [4.69, 9.17) is 0 Å². The van der Waals surface area contributed by atoms with Crippen molar-refractivity contribution in [2.24, 2.45) is 5.41 Å². The summed E-state index contributed by atoms with van der Waals surface area (Å²) in [5.74, 6) is -0.183. The molecule has 1 unspecified atom stereocenters. The lowest BCUT2D eigenvalue weighted by atomic mass is 9.70.